The Hall–Kier alpha value is -0.190. The predicted molar refractivity (Wildman–Crippen MR) is 89.5 cm³/mol. The fourth-order valence-electron chi connectivity index (χ4n) is 1.98. The molecule has 108 valence electrons. The van der Waals surface area contributed by atoms with Crippen molar-refractivity contribution in [2.75, 3.05) is 25.7 Å². The van der Waals surface area contributed by atoms with E-state index >= 15 is 0 Å². The molecule has 0 aliphatic rings. The number of rotatable bonds is 9. The van der Waals surface area contributed by atoms with E-state index in [1.807, 2.05) is 17.8 Å². The zero-order valence-corrected chi connectivity index (χ0v) is 14.4. The summed E-state index contributed by atoms with van der Waals surface area (Å²) in [6.07, 6.45) is 5.58. The molecular formula is C15H24BrNOS. The van der Waals surface area contributed by atoms with Crippen LogP contribution in [0.4, 0.5) is 0 Å². The molecule has 0 fully saturated rings. The Morgan fingerprint density at radius 1 is 1.42 bits per heavy atom. The molecule has 0 bridgehead atoms. The first-order chi connectivity index (χ1) is 9.21. The molecular weight excluding hydrogens is 322 g/mol. The van der Waals surface area contributed by atoms with E-state index in [1.54, 1.807) is 7.11 Å². The maximum absolute atomic E-state index is 5.31. The van der Waals surface area contributed by atoms with E-state index in [0.717, 1.165) is 18.7 Å². The molecule has 2 nitrogen and oxygen atoms in total. The standard InChI is InChI=1S/C15H24BrNOS/c1-4-8-17-13(7-9-19-3)10-12-11-14(18-2)5-6-15(12)16/h5-6,11,13,17H,4,7-10H2,1-3H3. The second-order valence-electron chi connectivity index (χ2n) is 4.59. The van der Waals surface area contributed by atoms with Gasteiger partial charge in [0.05, 0.1) is 7.11 Å². The lowest BCUT2D eigenvalue weighted by molar-refractivity contribution is 0.413. The second-order valence-corrected chi connectivity index (χ2v) is 6.43. The molecule has 1 atom stereocenters. The summed E-state index contributed by atoms with van der Waals surface area (Å²) in [5.74, 6) is 2.13. The van der Waals surface area contributed by atoms with Gasteiger partial charge in [-0.25, -0.2) is 0 Å². The number of methoxy groups -OCH3 is 1. The molecule has 19 heavy (non-hydrogen) atoms. The summed E-state index contributed by atoms with van der Waals surface area (Å²) in [4.78, 5) is 0. The third-order valence-corrected chi connectivity index (χ3v) is 4.49. The molecule has 0 saturated heterocycles. The van der Waals surface area contributed by atoms with Crippen LogP contribution in [0.1, 0.15) is 25.3 Å². The first-order valence-corrected chi connectivity index (χ1v) is 8.94. The maximum atomic E-state index is 5.31. The van der Waals surface area contributed by atoms with Crippen molar-refractivity contribution in [1.29, 1.82) is 0 Å². The lowest BCUT2D eigenvalue weighted by Crippen LogP contribution is -2.32. The van der Waals surface area contributed by atoms with Crippen LogP contribution in [0.15, 0.2) is 22.7 Å². The Balaban J connectivity index is 2.70. The van der Waals surface area contributed by atoms with Crippen LogP contribution in [0.3, 0.4) is 0 Å². The van der Waals surface area contributed by atoms with Crippen molar-refractivity contribution in [3.63, 3.8) is 0 Å². The smallest absolute Gasteiger partial charge is 0.119 e. The monoisotopic (exact) mass is 345 g/mol. The highest BCUT2D eigenvalue weighted by Gasteiger charge is 2.11. The molecule has 0 aliphatic heterocycles. The molecule has 1 rings (SSSR count). The lowest BCUT2D eigenvalue weighted by Gasteiger charge is -2.19. The van der Waals surface area contributed by atoms with Gasteiger partial charge in [0.2, 0.25) is 0 Å². The molecule has 4 heteroatoms. The zero-order valence-electron chi connectivity index (χ0n) is 12.0. The van der Waals surface area contributed by atoms with E-state index in [0.29, 0.717) is 6.04 Å². The fraction of sp³-hybridized carbons (Fsp3) is 0.600. The molecule has 0 aliphatic carbocycles. The Bertz CT molecular complexity index is 365. The van der Waals surface area contributed by atoms with Crippen LogP contribution in [-0.2, 0) is 6.42 Å². The number of ether oxygens (including phenoxy) is 1. The van der Waals surface area contributed by atoms with E-state index in [9.17, 15) is 0 Å². The molecule has 0 radical (unpaired) electrons. The van der Waals surface area contributed by atoms with Gasteiger partial charge in [0.15, 0.2) is 0 Å². The van der Waals surface area contributed by atoms with Crippen LogP contribution < -0.4 is 10.1 Å². The SMILES string of the molecule is CCCNC(CCSC)Cc1cc(OC)ccc1Br. The van der Waals surface area contributed by atoms with E-state index < -0.39 is 0 Å². The first-order valence-electron chi connectivity index (χ1n) is 6.76. The van der Waals surface area contributed by atoms with Gasteiger partial charge >= 0.3 is 0 Å². The van der Waals surface area contributed by atoms with Crippen LogP contribution in [0.5, 0.6) is 5.75 Å². The molecule has 0 amide bonds. The summed E-state index contributed by atoms with van der Waals surface area (Å²) in [5, 5.41) is 3.64. The topological polar surface area (TPSA) is 21.3 Å². The number of hydrogen-bond acceptors (Lipinski definition) is 3. The van der Waals surface area contributed by atoms with Gasteiger partial charge in [-0.05, 0) is 61.6 Å². The number of hydrogen-bond donors (Lipinski definition) is 1. The van der Waals surface area contributed by atoms with Gasteiger partial charge in [0.25, 0.3) is 0 Å². The Morgan fingerprint density at radius 2 is 2.21 bits per heavy atom. The minimum atomic E-state index is 0.538. The molecule has 0 heterocycles. The molecule has 1 N–H and O–H groups in total. The van der Waals surface area contributed by atoms with Crippen molar-refractivity contribution in [2.45, 2.75) is 32.2 Å². The molecule has 0 aromatic heterocycles. The van der Waals surface area contributed by atoms with E-state index in [1.165, 1.54) is 28.6 Å². The Labute approximate surface area is 129 Å². The van der Waals surface area contributed by atoms with E-state index in [-0.39, 0.29) is 0 Å². The van der Waals surface area contributed by atoms with Crippen LogP contribution in [0, 0.1) is 0 Å². The molecule has 0 saturated carbocycles. The Morgan fingerprint density at radius 3 is 2.84 bits per heavy atom. The minimum absolute atomic E-state index is 0.538. The highest BCUT2D eigenvalue weighted by Crippen LogP contribution is 2.24. The van der Waals surface area contributed by atoms with Gasteiger partial charge in [0, 0.05) is 10.5 Å². The summed E-state index contributed by atoms with van der Waals surface area (Å²) in [7, 11) is 1.72. The zero-order chi connectivity index (χ0) is 14.1. The average Bonchev–Trinajstić information content (AvgIpc) is 2.43. The van der Waals surface area contributed by atoms with Gasteiger partial charge < -0.3 is 10.1 Å². The van der Waals surface area contributed by atoms with Gasteiger partial charge in [-0.1, -0.05) is 22.9 Å². The Kier molecular flexibility index (Phi) is 8.58. The van der Waals surface area contributed by atoms with Crippen molar-refractivity contribution in [2.24, 2.45) is 0 Å². The van der Waals surface area contributed by atoms with E-state index in [2.05, 4.69) is 46.6 Å². The molecule has 1 unspecified atom stereocenters. The van der Waals surface area contributed by atoms with Gasteiger partial charge in [0.1, 0.15) is 5.75 Å². The average molecular weight is 346 g/mol. The minimum Gasteiger partial charge on any atom is -0.497 e. The van der Waals surface area contributed by atoms with E-state index in [4.69, 9.17) is 4.74 Å². The number of halogens is 1. The third-order valence-electron chi connectivity index (χ3n) is 3.07. The number of thioether (sulfide) groups is 1. The normalized spacial score (nSPS) is 12.4. The number of nitrogens with one attached hydrogen (secondary N) is 1. The lowest BCUT2D eigenvalue weighted by atomic mass is 10.0. The fourth-order valence-corrected chi connectivity index (χ4v) is 2.91. The third kappa shape index (κ3) is 6.19. The van der Waals surface area contributed by atoms with Gasteiger partial charge in [-0.2, -0.15) is 11.8 Å². The van der Waals surface area contributed by atoms with Gasteiger partial charge in [-0.3, -0.25) is 0 Å². The summed E-state index contributed by atoms with van der Waals surface area (Å²) in [6.45, 7) is 3.29. The number of benzene rings is 1. The highest BCUT2D eigenvalue weighted by molar-refractivity contribution is 9.10. The van der Waals surface area contributed by atoms with Crippen molar-refractivity contribution in [3.05, 3.63) is 28.2 Å². The van der Waals surface area contributed by atoms with Crippen LogP contribution in [0.2, 0.25) is 0 Å². The summed E-state index contributed by atoms with van der Waals surface area (Å²) in [6, 6.07) is 6.73. The molecule has 1 aromatic carbocycles. The predicted octanol–water partition coefficient (Wildman–Crippen LogP) is 4.12. The molecule has 1 aromatic rings. The quantitative estimate of drug-likeness (QED) is 0.727. The van der Waals surface area contributed by atoms with Crippen LogP contribution in [-0.4, -0.2) is 31.7 Å². The van der Waals surface area contributed by atoms with Crippen molar-refractivity contribution >= 4 is 27.7 Å². The summed E-state index contributed by atoms with van der Waals surface area (Å²) >= 11 is 5.55. The maximum Gasteiger partial charge on any atom is 0.119 e. The van der Waals surface area contributed by atoms with Crippen molar-refractivity contribution in [3.8, 4) is 5.75 Å². The van der Waals surface area contributed by atoms with Crippen LogP contribution >= 0.6 is 27.7 Å². The van der Waals surface area contributed by atoms with Crippen molar-refractivity contribution < 1.29 is 4.74 Å². The summed E-state index contributed by atoms with van der Waals surface area (Å²) in [5.41, 5.74) is 1.31. The largest absolute Gasteiger partial charge is 0.497 e. The highest BCUT2D eigenvalue weighted by atomic mass is 79.9. The van der Waals surface area contributed by atoms with Crippen molar-refractivity contribution in [1.82, 2.24) is 5.32 Å². The molecule has 0 spiro atoms. The summed E-state index contributed by atoms with van der Waals surface area (Å²) < 4.78 is 6.48. The first kappa shape index (κ1) is 16.9. The second kappa shape index (κ2) is 9.67. The van der Waals surface area contributed by atoms with Gasteiger partial charge in [-0.15, -0.1) is 0 Å². The van der Waals surface area contributed by atoms with Crippen LogP contribution in [0.25, 0.3) is 0 Å².